The molecule has 2 rings (SSSR count). The first kappa shape index (κ1) is 10.4. The highest BCUT2D eigenvalue weighted by atomic mass is 16.5. The topological polar surface area (TPSA) is 38.5 Å². The van der Waals surface area contributed by atoms with Crippen LogP contribution in [0.3, 0.4) is 0 Å². The Hall–Kier alpha value is -0.120. The highest BCUT2D eigenvalue weighted by molar-refractivity contribution is 4.98. The van der Waals surface area contributed by atoms with E-state index in [1.165, 1.54) is 25.8 Å². The van der Waals surface area contributed by atoms with E-state index in [1.807, 2.05) is 0 Å². The summed E-state index contributed by atoms with van der Waals surface area (Å²) in [6.45, 7) is 5.97. The zero-order valence-corrected chi connectivity index (χ0v) is 9.17. The quantitative estimate of drug-likeness (QED) is 0.715. The second kappa shape index (κ2) is 4.17. The summed E-state index contributed by atoms with van der Waals surface area (Å²) >= 11 is 0. The van der Waals surface area contributed by atoms with Gasteiger partial charge in [-0.15, -0.1) is 0 Å². The largest absolute Gasteiger partial charge is 0.374 e. The normalized spacial score (nSPS) is 33.9. The number of nitrogens with zero attached hydrogens (tertiary/aromatic N) is 1. The van der Waals surface area contributed by atoms with Crippen LogP contribution in [0.5, 0.6) is 0 Å². The minimum atomic E-state index is 0.0894. The molecule has 14 heavy (non-hydrogen) atoms. The van der Waals surface area contributed by atoms with Crippen LogP contribution in [-0.2, 0) is 4.74 Å². The van der Waals surface area contributed by atoms with Gasteiger partial charge >= 0.3 is 0 Å². The molecule has 3 nitrogen and oxygen atoms in total. The third-order valence-corrected chi connectivity index (χ3v) is 3.46. The van der Waals surface area contributed by atoms with Crippen molar-refractivity contribution >= 4 is 0 Å². The van der Waals surface area contributed by atoms with Crippen LogP contribution >= 0.6 is 0 Å². The molecule has 0 aromatic rings. The van der Waals surface area contributed by atoms with Crippen LogP contribution in [0.4, 0.5) is 0 Å². The Labute approximate surface area is 86.6 Å². The smallest absolute Gasteiger partial charge is 0.0832 e. The van der Waals surface area contributed by atoms with Gasteiger partial charge in [0.15, 0.2) is 0 Å². The molecule has 1 unspecified atom stereocenters. The zero-order valence-electron chi connectivity index (χ0n) is 9.17. The van der Waals surface area contributed by atoms with E-state index >= 15 is 0 Å². The second-order valence-electron chi connectivity index (χ2n) is 4.61. The average Bonchev–Trinajstić information content (AvgIpc) is 2.92. The van der Waals surface area contributed by atoms with Gasteiger partial charge in [-0.3, -0.25) is 4.90 Å². The van der Waals surface area contributed by atoms with Gasteiger partial charge < -0.3 is 10.5 Å². The van der Waals surface area contributed by atoms with Crippen molar-refractivity contribution in [3.63, 3.8) is 0 Å². The maximum absolute atomic E-state index is 5.92. The SMILES string of the molecule is CCOC1(CCN)CCN(C2CC2)C1. The lowest BCUT2D eigenvalue weighted by Gasteiger charge is -2.29. The van der Waals surface area contributed by atoms with Gasteiger partial charge in [-0.25, -0.2) is 0 Å². The molecule has 0 radical (unpaired) electrons. The summed E-state index contributed by atoms with van der Waals surface area (Å²) in [6, 6.07) is 0.870. The Morgan fingerprint density at radius 2 is 2.29 bits per heavy atom. The molecule has 82 valence electrons. The molecular weight excluding hydrogens is 176 g/mol. The molecule has 2 fully saturated rings. The minimum Gasteiger partial charge on any atom is -0.374 e. The van der Waals surface area contributed by atoms with Gasteiger partial charge in [-0.05, 0) is 39.2 Å². The number of likely N-dealkylation sites (tertiary alicyclic amines) is 1. The fourth-order valence-electron chi connectivity index (χ4n) is 2.59. The number of hydrogen-bond acceptors (Lipinski definition) is 3. The number of nitrogens with two attached hydrogens (primary N) is 1. The van der Waals surface area contributed by atoms with Crippen molar-refractivity contribution in [3.8, 4) is 0 Å². The third-order valence-electron chi connectivity index (χ3n) is 3.46. The first-order valence-corrected chi connectivity index (χ1v) is 5.88. The van der Waals surface area contributed by atoms with E-state index in [4.69, 9.17) is 10.5 Å². The monoisotopic (exact) mass is 198 g/mol. The highest BCUT2D eigenvalue weighted by Gasteiger charge is 2.43. The molecule has 0 spiro atoms. The van der Waals surface area contributed by atoms with Crippen LogP contribution in [0.15, 0.2) is 0 Å². The van der Waals surface area contributed by atoms with Crippen molar-refractivity contribution in [3.05, 3.63) is 0 Å². The lowest BCUT2D eigenvalue weighted by molar-refractivity contribution is -0.0356. The number of hydrogen-bond donors (Lipinski definition) is 1. The molecule has 1 saturated heterocycles. The van der Waals surface area contributed by atoms with E-state index in [1.54, 1.807) is 0 Å². The molecule has 0 bridgehead atoms. The van der Waals surface area contributed by atoms with E-state index < -0.39 is 0 Å². The van der Waals surface area contributed by atoms with E-state index in [0.717, 1.165) is 32.2 Å². The lowest BCUT2D eigenvalue weighted by atomic mass is 9.98. The summed E-state index contributed by atoms with van der Waals surface area (Å²) < 4.78 is 5.92. The van der Waals surface area contributed by atoms with Crippen molar-refractivity contribution in [2.24, 2.45) is 5.73 Å². The van der Waals surface area contributed by atoms with Crippen LogP contribution in [0, 0.1) is 0 Å². The molecular formula is C11H22N2O. The molecule has 1 heterocycles. The Balaban J connectivity index is 1.91. The van der Waals surface area contributed by atoms with Crippen molar-refractivity contribution in [2.75, 3.05) is 26.2 Å². The van der Waals surface area contributed by atoms with Crippen LogP contribution in [0.2, 0.25) is 0 Å². The Bertz CT molecular complexity index is 186. The van der Waals surface area contributed by atoms with Crippen LogP contribution in [-0.4, -0.2) is 42.8 Å². The van der Waals surface area contributed by atoms with Gasteiger partial charge in [0, 0.05) is 25.7 Å². The van der Waals surface area contributed by atoms with Crippen LogP contribution < -0.4 is 5.73 Å². The molecule has 1 aliphatic heterocycles. The van der Waals surface area contributed by atoms with E-state index in [-0.39, 0.29) is 5.60 Å². The summed E-state index contributed by atoms with van der Waals surface area (Å²) in [7, 11) is 0. The van der Waals surface area contributed by atoms with Crippen LogP contribution in [0.1, 0.15) is 32.6 Å². The van der Waals surface area contributed by atoms with Crippen LogP contribution in [0.25, 0.3) is 0 Å². The summed E-state index contributed by atoms with van der Waals surface area (Å²) in [4.78, 5) is 2.59. The Morgan fingerprint density at radius 3 is 2.86 bits per heavy atom. The first-order chi connectivity index (χ1) is 6.79. The minimum absolute atomic E-state index is 0.0894. The predicted molar refractivity (Wildman–Crippen MR) is 57.2 cm³/mol. The van der Waals surface area contributed by atoms with Crippen molar-refractivity contribution < 1.29 is 4.74 Å². The number of rotatable bonds is 5. The molecule has 2 N–H and O–H groups in total. The molecule has 0 aromatic carbocycles. The summed E-state index contributed by atoms with van der Waals surface area (Å²) in [5.74, 6) is 0. The van der Waals surface area contributed by atoms with Crippen molar-refractivity contribution in [1.82, 2.24) is 4.90 Å². The maximum Gasteiger partial charge on any atom is 0.0832 e. The number of ether oxygens (including phenoxy) is 1. The summed E-state index contributed by atoms with van der Waals surface area (Å²) in [6.07, 6.45) is 4.98. The third kappa shape index (κ3) is 2.10. The second-order valence-corrected chi connectivity index (χ2v) is 4.61. The fraction of sp³-hybridized carbons (Fsp3) is 1.00. The molecule has 1 atom stereocenters. The standard InChI is InChI=1S/C11H22N2O/c1-2-14-11(5-7-12)6-8-13(9-11)10-3-4-10/h10H,2-9,12H2,1H3. The van der Waals surface area contributed by atoms with Gasteiger partial charge in [0.25, 0.3) is 0 Å². The molecule has 3 heteroatoms. The zero-order chi connectivity index (χ0) is 10.0. The predicted octanol–water partition coefficient (Wildman–Crippen LogP) is 0.979. The molecule has 0 amide bonds. The highest BCUT2D eigenvalue weighted by Crippen LogP contribution is 2.36. The van der Waals surface area contributed by atoms with E-state index in [9.17, 15) is 0 Å². The maximum atomic E-state index is 5.92. The van der Waals surface area contributed by atoms with Gasteiger partial charge in [0.2, 0.25) is 0 Å². The summed E-state index contributed by atoms with van der Waals surface area (Å²) in [5, 5.41) is 0. The molecule has 0 aromatic heterocycles. The van der Waals surface area contributed by atoms with Gasteiger partial charge in [-0.2, -0.15) is 0 Å². The first-order valence-electron chi connectivity index (χ1n) is 5.88. The fourth-order valence-corrected chi connectivity index (χ4v) is 2.59. The Kier molecular flexibility index (Phi) is 3.10. The van der Waals surface area contributed by atoms with Crippen molar-refractivity contribution in [1.29, 1.82) is 0 Å². The lowest BCUT2D eigenvalue weighted by Crippen LogP contribution is -2.39. The molecule has 1 saturated carbocycles. The van der Waals surface area contributed by atoms with E-state index in [2.05, 4.69) is 11.8 Å². The average molecular weight is 198 g/mol. The van der Waals surface area contributed by atoms with E-state index in [0.29, 0.717) is 0 Å². The Morgan fingerprint density at radius 1 is 1.50 bits per heavy atom. The van der Waals surface area contributed by atoms with Gasteiger partial charge in [0.1, 0.15) is 0 Å². The summed E-state index contributed by atoms with van der Waals surface area (Å²) in [5.41, 5.74) is 5.75. The van der Waals surface area contributed by atoms with Gasteiger partial charge in [-0.1, -0.05) is 0 Å². The van der Waals surface area contributed by atoms with Crippen molar-refractivity contribution in [2.45, 2.75) is 44.2 Å². The van der Waals surface area contributed by atoms with Gasteiger partial charge in [0.05, 0.1) is 5.60 Å². The molecule has 1 aliphatic carbocycles. The molecule has 2 aliphatic rings.